The van der Waals surface area contributed by atoms with E-state index in [1.165, 1.54) is 0 Å². The first-order valence-corrected chi connectivity index (χ1v) is 5.88. The molecule has 3 N–H and O–H groups in total. The lowest BCUT2D eigenvalue weighted by atomic mass is 10.2. The molecule has 0 saturated heterocycles. The first-order valence-electron chi connectivity index (χ1n) is 5.88. The van der Waals surface area contributed by atoms with E-state index in [4.69, 9.17) is 5.73 Å². The molecule has 0 atom stereocenters. The van der Waals surface area contributed by atoms with E-state index in [9.17, 15) is 4.79 Å². The molecule has 0 saturated carbocycles. The number of aromatic amines is 1. The van der Waals surface area contributed by atoms with Gasteiger partial charge in [0.1, 0.15) is 5.82 Å². The maximum atomic E-state index is 12.2. The number of carbonyl (C=O) groups excluding carboxylic acids is 1. The highest BCUT2D eigenvalue weighted by molar-refractivity contribution is 5.93. The molecule has 19 heavy (non-hydrogen) atoms. The number of hydrogen-bond acceptors (Lipinski definition) is 5. The van der Waals surface area contributed by atoms with Crippen LogP contribution in [0.3, 0.4) is 0 Å². The molecule has 0 spiro atoms. The number of aryl methyl sites for hydroxylation is 1. The summed E-state index contributed by atoms with van der Waals surface area (Å²) in [5.41, 5.74) is 6.76. The standard InChI is InChI=1S/C12H16N6O/c1-8-15-11(17-16-8)7-18(2)12(19)9-3-4-14-10(5-9)6-13/h3-5H,6-7,13H2,1-2H3,(H,15,16,17). The van der Waals surface area contributed by atoms with Crippen molar-refractivity contribution in [2.24, 2.45) is 5.73 Å². The Balaban J connectivity index is 2.09. The normalized spacial score (nSPS) is 10.5. The van der Waals surface area contributed by atoms with Crippen molar-refractivity contribution < 1.29 is 4.79 Å². The van der Waals surface area contributed by atoms with Crippen LogP contribution in [-0.4, -0.2) is 38.0 Å². The van der Waals surface area contributed by atoms with E-state index in [0.29, 0.717) is 30.2 Å². The highest BCUT2D eigenvalue weighted by atomic mass is 16.2. The highest BCUT2D eigenvalue weighted by Crippen LogP contribution is 2.07. The molecule has 2 heterocycles. The first-order chi connectivity index (χ1) is 9.10. The minimum atomic E-state index is -0.112. The molecule has 100 valence electrons. The van der Waals surface area contributed by atoms with Gasteiger partial charge in [0.05, 0.1) is 12.2 Å². The van der Waals surface area contributed by atoms with Crippen LogP contribution in [0.15, 0.2) is 18.3 Å². The van der Waals surface area contributed by atoms with Crippen LogP contribution in [0.2, 0.25) is 0 Å². The topological polar surface area (TPSA) is 101 Å². The third kappa shape index (κ3) is 3.14. The van der Waals surface area contributed by atoms with Gasteiger partial charge in [-0.2, -0.15) is 5.10 Å². The molecule has 0 aliphatic heterocycles. The van der Waals surface area contributed by atoms with E-state index < -0.39 is 0 Å². The Morgan fingerprint density at radius 2 is 2.32 bits per heavy atom. The lowest BCUT2D eigenvalue weighted by Crippen LogP contribution is -2.27. The van der Waals surface area contributed by atoms with E-state index in [1.54, 1.807) is 30.3 Å². The van der Waals surface area contributed by atoms with Crippen molar-refractivity contribution in [1.29, 1.82) is 0 Å². The zero-order valence-electron chi connectivity index (χ0n) is 10.9. The van der Waals surface area contributed by atoms with Crippen molar-refractivity contribution in [2.45, 2.75) is 20.0 Å². The van der Waals surface area contributed by atoms with Crippen LogP contribution in [0.4, 0.5) is 0 Å². The lowest BCUT2D eigenvalue weighted by molar-refractivity contribution is 0.0781. The number of nitrogens with one attached hydrogen (secondary N) is 1. The Morgan fingerprint density at radius 3 is 2.95 bits per heavy atom. The number of pyridine rings is 1. The van der Waals surface area contributed by atoms with Gasteiger partial charge in [0, 0.05) is 25.4 Å². The molecule has 0 unspecified atom stereocenters. The molecule has 7 heteroatoms. The number of nitrogens with zero attached hydrogens (tertiary/aromatic N) is 4. The molecule has 2 rings (SSSR count). The molecule has 0 bridgehead atoms. The fraction of sp³-hybridized carbons (Fsp3) is 0.333. The van der Waals surface area contributed by atoms with E-state index in [1.807, 2.05) is 6.92 Å². The second-order valence-corrected chi connectivity index (χ2v) is 4.24. The fourth-order valence-corrected chi connectivity index (χ4v) is 1.69. The van der Waals surface area contributed by atoms with Crippen molar-refractivity contribution in [3.63, 3.8) is 0 Å². The van der Waals surface area contributed by atoms with Crippen LogP contribution in [0.1, 0.15) is 27.7 Å². The van der Waals surface area contributed by atoms with Crippen molar-refractivity contribution in [2.75, 3.05) is 7.05 Å². The predicted octanol–water partition coefficient (Wildman–Crippen LogP) is 0.239. The van der Waals surface area contributed by atoms with Crippen molar-refractivity contribution in [1.82, 2.24) is 25.1 Å². The van der Waals surface area contributed by atoms with Gasteiger partial charge in [0.2, 0.25) is 0 Å². The van der Waals surface area contributed by atoms with Crippen LogP contribution in [0.25, 0.3) is 0 Å². The van der Waals surface area contributed by atoms with Gasteiger partial charge in [-0.15, -0.1) is 0 Å². The fourth-order valence-electron chi connectivity index (χ4n) is 1.69. The summed E-state index contributed by atoms with van der Waals surface area (Å²) < 4.78 is 0. The molecule has 7 nitrogen and oxygen atoms in total. The minimum Gasteiger partial charge on any atom is -0.334 e. The van der Waals surface area contributed by atoms with Crippen LogP contribution >= 0.6 is 0 Å². The number of H-pyrrole nitrogens is 1. The molecular formula is C12H16N6O. The SMILES string of the molecule is Cc1nc(CN(C)C(=O)c2ccnc(CN)c2)n[nH]1. The second-order valence-electron chi connectivity index (χ2n) is 4.24. The zero-order valence-corrected chi connectivity index (χ0v) is 10.9. The monoisotopic (exact) mass is 260 g/mol. The number of nitrogens with two attached hydrogens (primary N) is 1. The minimum absolute atomic E-state index is 0.112. The van der Waals surface area contributed by atoms with Gasteiger partial charge in [-0.1, -0.05) is 0 Å². The molecule has 2 aromatic heterocycles. The summed E-state index contributed by atoms with van der Waals surface area (Å²) in [4.78, 5) is 22.0. The van der Waals surface area contributed by atoms with Gasteiger partial charge in [-0.3, -0.25) is 14.9 Å². The van der Waals surface area contributed by atoms with E-state index >= 15 is 0 Å². The van der Waals surface area contributed by atoms with Crippen LogP contribution in [-0.2, 0) is 13.1 Å². The summed E-state index contributed by atoms with van der Waals surface area (Å²) >= 11 is 0. The highest BCUT2D eigenvalue weighted by Gasteiger charge is 2.14. The van der Waals surface area contributed by atoms with Crippen molar-refractivity contribution >= 4 is 5.91 Å². The average molecular weight is 260 g/mol. The second kappa shape index (κ2) is 5.57. The predicted molar refractivity (Wildman–Crippen MR) is 69.0 cm³/mol. The van der Waals surface area contributed by atoms with Gasteiger partial charge in [-0.05, 0) is 19.1 Å². The molecule has 0 aromatic carbocycles. The van der Waals surface area contributed by atoms with Gasteiger partial charge < -0.3 is 10.6 Å². The van der Waals surface area contributed by atoms with Crippen LogP contribution in [0, 0.1) is 6.92 Å². The summed E-state index contributed by atoms with van der Waals surface area (Å²) in [6, 6.07) is 3.36. The summed E-state index contributed by atoms with van der Waals surface area (Å²) in [6.45, 7) is 2.48. The molecule has 0 radical (unpaired) electrons. The Hall–Kier alpha value is -2.28. The lowest BCUT2D eigenvalue weighted by Gasteiger charge is -2.15. The third-order valence-electron chi connectivity index (χ3n) is 2.64. The van der Waals surface area contributed by atoms with E-state index in [0.717, 1.165) is 5.82 Å². The first kappa shape index (κ1) is 13.2. The van der Waals surface area contributed by atoms with Crippen molar-refractivity contribution in [3.05, 3.63) is 41.2 Å². The van der Waals surface area contributed by atoms with Crippen LogP contribution < -0.4 is 5.73 Å². The third-order valence-corrected chi connectivity index (χ3v) is 2.64. The van der Waals surface area contributed by atoms with E-state index in [2.05, 4.69) is 20.2 Å². The largest absolute Gasteiger partial charge is 0.334 e. The molecular weight excluding hydrogens is 244 g/mol. The van der Waals surface area contributed by atoms with Gasteiger partial charge in [0.25, 0.3) is 5.91 Å². The smallest absolute Gasteiger partial charge is 0.254 e. The number of rotatable bonds is 4. The molecule has 2 aromatic rings. The number of hydrogen-bond donors (Lipinski definition) is 2. The van der Waals surface area contributed by atoms with Gasteiger partial charge in [-0.25, -0.2) is 4.98 Å². The summed E-state index contributed by atoms with van der Waals surface area (Å²) in [7, 11) is 1.70. The maximum Gasteiger partial charge on any atom is 0.254 e. The van der Waals surface area contributed by atoms with Crippen molar-refractivity contribution in [3.8, 4) is 0 Å². The van der Waals surface area contributed by atoms with Crippen LogP contribution in [0.5, 0.6) is 0 Å². The van der Waals surface area contributed by atoms with Gasteiger partial charge in [0.15, 0.2) is 5.82 Å². The molecule has 0 aliphatic carbocycles. The Bertz CT molecular complexity index is 579. The number of aromatic nitrogens is 4. The summed E-state index contributed by atoms with van der Waals surface area (Å²) in [5.74, 6) is 1.20. The number of carbonyl (C=O) groups is 1. The molecule has 1 amide bonds. The zero-order chi connectivity index (χ0) is 13.8. The number of amides is 1. The van der Waals surface area contributed by atoms with Gasteiger partial charge >= 0.3 is 0 Å². The summed E-state index contributed by atoms with van der Waals surface area (Å²) in [6.07, 6.45) is 1.58. The molecule has 0 aliphatic rings. The Labute approximate surface area is 110 Å². The molecule has 0 fully saturated rings. The summed E-state index contributed by atoms with van der Waals surface area (Å²) in [5, 5.41) is 6.75. The Morgan fingerprint density at radius 1 is 1.53 bits per heavy atom. The Kier molecular flexibility index (Phi) is 3.86. The quantitative estimate of drug-likeness (QED) is 0.820. The maximum absolute atomic E-state index is 12.2. The van der Waals surface area contributed by atoms with E-state index in [-0.39, 0.29) is 5.91 Å². The average Bonchev–Trinajstić information content (AvgIpc) is 2.83.